The van der Waals surface area contributed by atoms with Crippen molar-refractivity contribution in [3.05, 3.63) is 95.7 Å². The Balaban J connectivity index is 1.26. The Bertz CT molecular complexity index is 1190. The molecule has 1 aliphatic rings. The average Bonchev–Trinajstić information content (AvgIpc) is 2.80. The van der Waals surface area contributed by atoms with E-state index in [4.69, 9.17) is 10.7 Å². The second-order valence-corrected chi connectivity index (χ2v) is 7.81. The van der Waals surface area contributed by atoms with E-state index in [9.17, 15) is 4.39 Å². The second kappa shape index (κ2) is 8.24. The molecule has 0 saturated carbocycles. The third-order valence-electron chi connectivity index (χ3n) is 5.55. The Kier molecular flexibility index (Phi) is 5.14. The summed E-state index contributed by atoms with van der Waals surface area (Å²) in [6, 6.07) is 18.1. The first-order valence-corrected chi connectivity index (χ1v) is 10.3. The van der Waals surface area contributed by atoms with Gasteiger partial charge in [-0.2, -0.15) is 0 Å². The summed E-state index contributed by atoms with van der Waals surface area (Å²) < 4.78 is 13.1. The van der Waals surface area contributed by atoms with E-state index in [1.807, 2.05) is 42.7 Å². The molecule has 154 valence electrons. The number of nitrogen functional groups attached to an aromatic ring is 1. The Hall–Kier alpha value is -3.64. The number of pyridine rings is 1. The van der Waals surface area contributed by atoms with Crippen molar-refractivity contribution in [2.45, 2.75) is 19.5 Å². The van der Waals surface area contributed by atoms with Gasteiger partial charge in [0.05, 0.1) is 11.4 Å². The van der Waals surface area contributed by atoms with Gasteiger partial charge in [-0.25, -0.2) is 14.4 Å². The van der Waals surface area contributed by atoms with E-state index >= 15 is 0 Å². The third kappa shape index (κ3) is 4.29. The zero-order chi connectivity index (χ0) is 21.2. The molecular formula is C25H22FN5. The molecular weight excluding hydrogens is 389 g/mol. The fourth-order valence-corrected chi connectivity index (χ4v) is 3.85. The van der Waals surface area contributed by atoms with E-state index in [-0.39, 0.29) is 5.82 Å². The van der Waals surface area contributed by atoms with Crippen LogP contribution < -0.4 is 5.73 Å². The minimum absolute atomic E-state index is 0.240. The summed E-state index contributed by atoms with van der Waals surface area (Å²) in [5.74, 6) is 0.503. The number of halogens is 1. The average molecular weight is 411 g/mol. The van der Waals surface area contributed by atoms with Crippen molar-refractivity contribution < 1.29 is 4.39 Å². The standard InChI is InChI=1S/C25H22FN5/c26-21-6-2-18(3-7-21)23-10-1-17(13-28-23)15-31-12-11-24-20(16-31)14-29-25(30-24)19-4-8-22(27)9-5-19/h1-10,13-14H,11-12,15-16,27H2. The lowest BCUT2D eigenvalue weighted by Crippen LogP contribution is -2.31. The quantitative estimate of drug-likeness (QED) is 0.501. The monoisotopic (exact) mass is 411 g/mol. The highest BCUT2D eigenvalue weighted by atomic mass is 19.1. The van der Waals surface area contributed by atoms with Crippen LogP contribution in [0.4, 0.5) is 10.1 Å². The smallest absolute Gasteiger partial charge is 0.159 e. The van der Waals surface area contributed by atoms with Crippen LogP contribution >= 0.6 is 0 Å². The van der Waals surface area contributed by atoms with Crippen LogP contribution in [0.3, 0.4) is 0 Å². The second-order valence-electron chi connectivity index (χ2n) is 7.81. The van der Waals surface area contributed by atoms with E-state index in [0.29, 0.717) is 0 Å². The van der Waals surface area contributed by atoms with Gasteiger partial charge in [0.15, 0.2) is 5.82 Å². The van der Waals surface area contributed by atoms with Gasteiger partial charge in [0, 0.05) is 60.8 Å². The SMILES string of the molecule is Nc1ccc(-c2ncc3c(n2)CCN(Cc2ccc(-c4ccc(F)cc4)nc2)C3)cc1. The molecule has 0 amide bonds. The van der Waals surface area contributed by atoms with Crippen LogP contribution in [0.15, 0.2) is 73.1 Å². The molecule has 2 aromatic carbocycles. The lowest BCUT2D eigenvalue weighted by atomic mass is 10.1. The van der Waals surface area contributed by atoms with Crippen LogP contribution in [0.25, 0.3) is 22.6 Å². The minimum atomic E-state index is -0.240. The van der Waals surface area contributed by atoms with Crippen LogP contribution in [0.2, 0.25) is 0 Å². The van der Waals surface area contributed by atoms with Crippen LogP contribution in [0.1, 0.15) is 16.8 Å². The molecule has 0 aliphatic carbocycles. The normalized spacial score (nSPS) is 13.7. The molecule has 0 radical (unpaired) electrons. The van der Waals surface area contributed by atoms with Crippen LogP contribution in [-0.2, 0) is 19.5 Å². The lowest BCUT2D eigenvalue weighted by molar-refractivity contribution is 0.242. The maximum Gasteiger partial charge on any atom is 0.159 e. The van der Waals surface area contributed by atoms with Gasteiger partial charge in [-0.1, -0.05) is 6.07 Å². The van der Waals surface area contributed by atoms with E-state index < -0.39 is 0 Å². The number of benzene rings is 2. The van der Waals surface area contributed by atoms with E-state index in [2.05, 4.69) is 20.9 Å². The zero-order valence-corrected chi connectivity index (χ0v) is 17.0. The number of hydrogen-bond acceptors (Lipinski definition) is 5. The predicted octanol–water partition coefficient (Wildman–Crippen LogP) is 4.49. The molecule has 31 heavy (non-hydrogen) atoms. The fourth-order valence-electron chi connectivity index (χ4n) is 3.85. The highest BCUT2D eigenvalue weighted by Crippen LogP contribution is 2.23. The Morgan fingerprint density at radius 1 is 0.871 bits per heavy atom. The number of hydrogen-bond donors (Lipinski definition) is 1. The van der Waals surface area contributed by atoms with Gasteiger partial charge in [-0.05, 0) is 60.2 Å². The first kappa shape index (κ1) is 19.3. The van der Waals surface area contributed by atoms with Crippen molar-refractivity contribution in [2.75, 3.05) is 12.3 Å². The number of anilines is 1. The molecule has 3 heterocycles. The first-order chi connectivity index (χ1) is 15.1. The van der Waals surface area contributed by atoms with Gasteiger partial charge < -0.3 is 5.73 Å². The number of nitrogens with zero attached hydrogens (tertiary/aromatic N) is 4. The summed E-state index contributed by atoms with van der Waals surface area (Å²) in [5.41, 5.74) is 12.7. The van der Waals surface area contributed by atoms with Crippen molar-refractivity contribution in [2.24, 2.45) is 0 Å². The highest BCUT2D eigenvalue weighted by Gasteiger charge is 2.19. The molecule has 0 bridgehead atoms. The third-order valence-corrected chi connectivity index (χ3v) is 5.55. The van der Waals surface area contributed by atoms with Crippen molar-refractivity contribution in [3.63, 3.8) is 0 Å². The fraction of sp³-hybridized carbons (Fsp3) is 0.160. The predicted molar refractivity (Wildman–Crippen MR) is 119 cm³/mol. The van der Waals surface area contributed by atoms with Crippen molar-refractivity contribution in [1.29, 1.82) is 0 Å². The minimum Gasteiger partial charge on any atom is -0.399 e. The number of nitrogens with two attached hydrogens (primary N) is 1. The maximum atomic E-state index is 13.1. The molecule has 5 nitrogen and oxygen atoms in total. The van der Waals surface area contributed by atoms with Gasteiger partial charge in [0.25, 0.3) is 0 Å². The van der Waals surface area contributed by atoms with Gasteiger partial charge >= 0.3 is 0 Å². The molecule has 0 saturated heterocycles. The maximum absolute atomic E-state index is 13.1. The summed E-state index contributed by atoms with van der Waals surface area (Å²) >= 11 is 0. The van der Waals surface area contributed by atoms with E-state index in [1.54, 1.807) is 12.1 Å². The topological polar surface area (TPSA) is 67.9 Å². The molecule has 2 N–H and O–H groups in total. The van der Waals surface area contributed by atoms with Crippen LogP contribution in [0.5, 0.6) is 0 Å². The van der Waals surface area contributed by atoms with Crippen molar-refractivity contribution >= 4 is 5.69 Å². The Morgan fingerprint density at radius 2 is 1.65 bits per heavy atom. The number of rotatable bonds is 4. The molecule has 0 fully saturated rings. The van der Waals surface area contributed by atoms with Crippen molar-refractivity contribution in [1.82, 2.24) is 19.9 Å². The molecule has 0 unspecified atom stereocenters. The number of aromatic nitrogens is 3. The molecule has 0 spiro atoms. The molecule has 2 aromatic heterocycles. The van der Waals surface area contributed by atoms with Gasteiger partial charge in [0.1, 0.15) is 5.82 Å². The Morgan fingerprint density at radius 3 is 2.39 bits per heavy atom. The summed E-state index contributed by atoms with van der Waals surface area (Å²) in [7, 11) is 0. The molecule has 0 atom stereocenters. The highest BCUT2D eigenvalue weighted by molar-refractivity contribution is 5.59. The molecule has 5 rings (SSSR count). The summed E-state index contributed by atoms with van der Waals surface area (Å²) in [4.78, 5) is 16.3. The molecule has 1 aliphatic heterocycles. The van der Waals surface area contributed by atoms with Gasteiger partial charge in [-0.3, -0.25) is 9.88 Å². The van der Waals surface area contributed by atoms with Crippen molar-refractivity contribution in [3.8, 4) is 22.6 Å². The van der Waals surface area contributed by atoms with Crippen LogP contribution in [0, 0.1) is 5.82 Å². The van der Waals surface area contributed by atoms with Crippen LogP contribution in [-0.4, -0.2) is 26.4 Å². The molecule has 6 heteroatoms. The largest absolute Gasteiger partial charge is 0.399 e. The summed E-state index contributed by atoms with van der Waals surface area (Å²) in [6.07, 6.45) is 4.73. The zero-order valence-electron chi connectivity index (χ0n) is 17.0. The van der Waals surface area contributed by atoms with E-state index in [1.165, 1.54) is 17.7 Å². The first-order valence-electron chi connectivity index (χ1n) is 10.3. The number of fused-ring (bicyclic) bond motifs is 1. The lowest BCUT2D eigenvalue weighted by Gasteiger charge is -2.28. The molecule has 4 aromatic rings. The summed E-state index contributed by atoms with van der Waals surface area (Å²) in [6.45, 7) is 2.57. The summed E-state index contributed by atoms with van der Waals surface area (Å²) in [5, 5.41) is 0. The Labute approximate surface area is 180 Å². The van der Waals surface area contributed by atoms with Gasteiger partial charge in [-0.15, -0.1) is 0 Å². The van der Waals surface area contributed by atoms with E-state index in [0.717, 1.165) is 65.6 Å². The van der Waals surface area contributed by atoms with Gasteiger partial charge in [0.2, 0.25) is 0 Å².